The number of carbonyl (C=O) groups excluding carboxylic acids is 2. The molecule has 0 amide bonds. The van der Waals surface area contributed by atoms with Crippen LogP contribution in [0.25, 0.3) is 0 Å². The number of rotatable bonds is 2. The van der Waals surface area contributed by atoms with Crippen LogP contribution in [0.4, 0.5) is 0 Å². The Morgan fingerprint density at radius 1 is 1.38 bits per heavy atom. The lowest BCUT2D eigenvalue weighted by molar-refractivity contribution is 0.0599. The molecule has 1 aliphatic heterocycles. The molecule has 0 fully saturated rings. The first-order valence-corrected chi connectivity index (χ1v) is 6.98. The lowest BCUT2D eigenvalue weighted by atomic mass is 9.97. The van der Waals surface area contributed by atoms with Crippen LogP contribution < -0.4 is 4.74 Å². The normalized spacial score (nSPS) is 19.0. The summed E-state index contributed by atoms with van der Waals surface area (Å²) < 4.78 is 10.3. The van der Waals surface area contributed by atoms with E-state index < -0.39 is 5.97 Å². The first-order valence-electron chi connectivity index (χ1n) is 6.98. The smallest absolute Gasteiger partial charge is 0.337 e. The maximum atomic E-state index is 12.5. The van der Waals surface area contributed by atoms with Gasteiger partial charge in [-0.25, -0.2) is 4.79 Å². The molecule has 3 rings (SSSR count). The van der Waals surface area contributed by atoms with Crippen LogP contribution in [0.1, 0.15) is 40.0 Å². The quantitative estimate of drug-likeness (QED) is 0.618. The minimum absolute atomic E-state index is 0.0273. The van der Waals surface area contributed by atoms with Crippen LogP contribution in [-0.2, 0) is 4.74 Å². The monoisotopic (exact) mass is 284 g/mol. The van der Waals surface area contributed by atoms with Crippen molar-refractivity contribution >= 4 is 11.8 Å². The summed E-state index contributed by atoms with van der Waals surface area (Å²) in [5.41, 5.74) is 2.76. The van der Waals surface area contributed by atoms with Crippen molar-refractivity contribution in [1.29, 1.82) is 0 Å². The van der Waals surface area contributed by atoms with Gasteiger partial charge < -0.3 is 9.47 Å². The fourth-order valence-electron chi connectivity index (χ4n) is 2.63. The predicted molar refractivity (Wildman–Crippen MR) is 77.6 cm³/mol. The van der Waals surface area contributed by atoms with Gasteiger partial charge in [0, 0.05) is 5.57 Å². The molecular weight excluding hydrogens is 268 g/mol. The molecule has 4 heteroatoms. The summed E-state index contributed by atoms with van der Waals surface area (Å²) in [6.45, 7) is 0.244. The molecule has 0 atom stereocenters. The van der Waals surface area contributed by atoms with Crippen molar-refractivity contribution in [3.8, 4) is 5.75 Å². The van der Waals surface area contributed by atoms with Crippen molar-refractivity contribution in [2.45, 2.75) is 19.3 Å². The summed E-state index contributed by atoms with van der Waals surface area (Å²) >= 11 is 0. The molecule has 0 spiro atoms. The van der Waals surface area contributed by atoms with Gasteiger partial charge in [0.25, 0.3) is 0 Å². The van der Waals surface area contributed by atoms with Gasteiger partial charge in [-0.3, -0.25) is 4.79 Å². The maximum absolute atomic E-state index is 12.5. The third-order valence-corrected chi connectivity index (χ3v) is 3.76. The number of esters is 1. The molecule has 108 valence electrons. The second kappa shape index (κ2) is 5.56. The molecule has 0 saturated heterocycles. The molecule has 2 aliphatic rings. The zero-order valence-corrected chi connectivity index (χ0v) is 11.8. The fraction of sp³-hybridized carbons (Fsp3) is 0.294. The Morgan fingerprint density at radius 3 is 2.95 bits per heavy atom. The first-order chi connectivity index (χ1) is 10.2. The van der Waals surface area contributed by atoms with Gasteiger partial charge >= 0.3 is 5.97 Å². The number of fused-ring (bicyclic) bond motifs is 1. The molecule has 4 nitrogen and oxygen atoms in total. The van der Waals surface area contributed by atoms with Crippen LogP contribution in [0.2, 0.25) is 0 Å². The van der Waals surface area contributed by atoms with E-state index in [2.05, 4.69) is 10.8 Å². The van der Waals surface area contributed by atoms with E-state index in [9.17, 15) is 9.59 Å². The van der Waals surface area contributed by atoms with Gasteiger partial charge in [-0.1, -0.05) is 11.6 Å². The van der Waals surface area contributed by atoms with Crippen molar-refractivity contribution in [2.75, 3.05) is 13.7 Å². The number of hydrogen-bond donors (Lipinski definition) is 0. The second-order valence-corrected chi connectivity index (χ2v) is 5.16. The van der Waals surface area contributed by atoms with Gasteiger partial charge in [-0.2, -0.15) is 0 Å². The molecule has 0 bridgehead atoms. The molecular formula is C17H16O4. The Kier molecular flexibility index (Phi) is 3.60. The molecule has 0 aromatic heterocycles. The number of allylic oxidation sites excluding steroid dienone is 3. The molecule has 0 radical (unpaired) electrons. The number of carbonyl (C=O) groups is 2. The summed E-state index contributed by atoms with van der Waals surface area (Å²) in [5, 5.41) is 0. The van der Waals surface area contributed by atoms with E-state index >= 15 is 0 Å². The van der Waals surface area contributed by atoms with E-state index in [1.807, 2.05) is 6.08 Å². The molecule has 0 saturated carbocycles. The van der Waals surface area contributed by atoms with Crippen LogP contribution in [0.15, 0.2) is 41.5 Å². The third kappa shape index (κ3) is 2.61. The van der Waals surface area contributed by atoms with Crippen LogP contribution in [-0.4, -0.2) is 25.5 Å². The summed E-state index contributed by atoms with van der Waals surface area (Å²) in [4.78, 5) is 24.0. The topological polar surface area (TPSA) is 52.6 Å². The average molecular weight is 284 g/mol. The largest absolute Gasteiger partial charge is 0.488 e. The van der Waals surface area contributed by atoms with E-state index in [1.165, 1.54) is 12.7 Å². The van der Waals surface area contributed by atoms with Gasteiger partial charge in [0.1, 0.15) is 12.4 Å². The zero-order chi connectivity index (χ0) is 14.8. The van der Waals surface area contributed by atoms with Crippen LogP contribution in [0.3, 0.4) is 0 Å². The highest BCUT2D eigenvalue weighted by atomic mass is 16.5. The Hall–Kier alpha value is -2.36. The number of ether oxygens (including phenoxy) is 2. The van der Waals surface area contributed by atoms with Gasteiger partial charge in [-0.05, 0) is 43.5 Å². The van der Waals surface area contributed by atoms with Gasteiger partial charge in [0.15, 0.2) is 5.78 Å². The fourth-order valence-corrected chi connectivity index (χ4v) is 2.63. The van der Waals surface area contributed by atoms with E-state index in [0.29, 0.717) is 22.4 Å². The van der Waals surface area contributed by atoms with Gasteiger partial charge in [0.05, 0.1) is 18.2 Å². The van der Waals surface area contributed by atoms with E-state index in [0.717, 1.165) is 19.3 Å². The van der Waals surface area contributed by atoms with Crippen LogP contribution in [0, 0.1) is 0 Å². The number of Topliss-reactive ketones (excluding diaryl/α,β-unsaturated/α-hetero) is 1. The lowest BCUT2D eigenvalue weighted by Gasteiger charge is -2.19. The minimum Gasteiger partial charge on any atom is -0.488 e. The highest BCUT2D eigenvalue weighted by Crippen LogP contribution is 2.30. The van der Waals surface area contributed by atoms with Crippen LogP contribution >= 0.6 is 0 Å². The predicted octanol–water partition coefficient (Wildman–Crippen LogP) is 3.09. The van der Waals surface area contributed by atoms with E-state index in [1.54, 1.807) is 18.2 Å². The van der Waals surface area contributed by atoms with Gasteiger partial charge in [-0.15, -0.1) is 0 Å². The van der Waals surface area contributed by atoms with Crippen molar-refractivity contribution in [1.82, 2.24) is 0 Å². The molecule has 1 aliphatic carbocycles. The van der Waals surface area contributed by atoms with Crippen LogP contribution in [0.5, 0.6) is 5.75 Å². The SMILES string of the molecule is COC(=O)c1ccc2c(c1)OC/C(=C\C1=CCCC1)C2=O. The average Bonchev–Trinajstić information content (AvgIpc) is 3.02. The number of ketones is 1. The summed E-state index contributed by atoms with van der Waals surface area (Å²) in [6.07, 6.45) is 7.34. The molecule has 21 heavy (non-hydrogen) atoms. The Bertz CT molecular complexity index is 667. The van der Waals surface area contributed by atoms with E-state index in [4.69, 9.17) is 4.74 Å². The van der Waals surface area contributed by atoms with Gasteiger partial charge in [0.2, 0.25) is 0 Å². The lowest BCUT2D eigenvalue weighted by Crippen LogP contribution is -2.20. The Balaban J connectivity index is 1.90. The molecule has 1 heterocycles. The summed E-state index contributed by atoms with van der Waals surface area (Å²) in [7, 11) is 1.32. The molecule has 1 aromatic carbocycles. The molecule has 0 N–H and O–H groups in total. The molecule has 0 unspecified atom stereocenters. The summed E-state index contributed by atoms with van der Waals surface area (Å²) in [6, 6.07) is 4.77. The first kappa shape index (κ1) is 13.6. The molecule has 1 aromatic rings. The maximum Gasteiger partial charge on any atom is 0.337 e. The summed E-state index contributed by atoms with van der Waals surface area (Å²) in [5.74, 6) is -0.0211. The highest BCUT2D eigenvalue weighted by molar-refractivity contribution is 6.12. The van der Waals surface area contributed by atoms with Crippen molar-refractivity contribution < 1.29 is 19.1 Å². The number of hydrogen-bond acceptors (Lipinski definition) is 4. The van der Waals surface area contributed by atoms with Crippen molar-refractivity contribution in [3.63, 3.8) is 0 Å². The Morgan fingerprint density at radius 2 is 2.24 bits per heavy atom. The number of benzene rings is 1. The standard InChI is InChI=1S/C17H16O4/c1-20-17(19)12-6-7-14-15(9-12)21-10-13(16(14)18)8-11-4-2-3-5-11/h4,6-9H,2-3,5,10H2,1H3/b13-8+. The Labute approximate surface area is 123 Å². The minimum atomic E-state index is -0.439. The highest BCUT2D eigenvalue weighted by Gasteiger charge is 2.25. The van der Waals surface area contributed by atoms with Crippen molar-refractivity contribution in [3.05, 3.63) is 52.6 Å². The van der Waals surface area contributed by atoms with E-state index in [-0.39, 0.29) is 12.4 Å². The zero-order valence-electron chi connectivity index (χ0n) is 11.8. The van der Waals surface area contributed by atoms with Crippen molar-refractivity contribution in [2.24, 2.45) is 0 Å². The second-order valence-electron chi connectivity index (χ2n) is 5.16. The third-order valence-electron chi connectivity index (χ3n) is 3.76. The number of methoxy groups -OCH3 is 1.